The lowest BCUT2D eigenvalue weighted by molar-refractivity contribution is 0.102. The van der Waals surface area contributed by atoms with Crippen LogP contribution in [0.15, 0.2) is 66.7 Å². The van der Waals surface area contributed by atoms with E-state index in [4.69, 9.17) is 23.2 Å². The molecule has 0 heterocycles. The first-order valence-electron chi connectivity index (χ1n) is 7.19. The molecule has 0 spiro atoms. The SMILES string of the molecule is O=C(Nc1ccc(Cl)cc1)c1cc(Cl)cc(-c2ccccc2)c1O. The lowest BCUT2D eigenvalue weighted by atomic mass is 10.0. The number of hydrogen-bond acceptors (Lipinski definition) is 2. The summed E-state index contributed by atoms with van der Waals surface area (Å²) in [6.45, 7) is 0. The standard InChI is InChI=1S/C19H13Cl2NO2/c20-13-6-8-15(9-7-13)22-19(24)17-11-14(21)10-16(18(17)23)12-4-2-1-3-5-12/h1-11,23H,(H,22,24). The van der Waals surface area contributed by atoms with Crippen LogP contribution in [0.5, 0.6) is 5.75 Å². The Morgan fingerprint density at radius 3 is 2.21 bits per heavy atom. The fourth-order valence-electron chi connectivity index (χ4n) is 2.34. The first-order valence-corrected chi connectivity index (χ1v) is 7.95. The van der Waals surface area contributed by atoms with Crippen LogP contribution in [0.1, 0.15) is 10.4 Å². The highest BCUT2D eigenvalue weighted by Crippen LogP contribution is 2.35. The second-order valence-corrected chi connectivity index (χ2v) is 6.05. The van der Waals surface area contributed by atoms with E-state index < -0.39 is 5.91 Å². The van der Waals surface area contributed by atoms with Crippen LogP contribution in [-0.2, 0) is 0 Å². The predicted molar refractivity (Wildman–Crippen MR) is 98.0 cm³/mol. The maximum atomic E-state index is 12.5. The van der Waals surface area contributed by atoms with Gasteiger partial charge in [0.05, 0.1) is 5.56 Å². The molecule has 0 saturated carbocycles. The molecule has 0 bridgehead atoms. The van der Waals surface area contributed by atoms with Gasteiger partial charge in [-0.15, -0.1) is 0 Å². The van der Waals surface area contributed by atoms with Gasteiger partial charge in [-0.1, -0.05) is 53.5 Å². The fourth-order valence-corrected chi connectivity index (χ4v) is 2.69. The number of carbonyl (C=O) groups is 1. The molecule has 0 atom stereocenters. The molecule has 24 heavy (non-hydrogen) atoms. The predicted octanol–water partition coefficient (Wildman–Crippen LogP) is 5.62. The van der Waals surface area contributed by atoms with Crippen LogP contribution in [0.3, 0.4) is 0 Å². The molecule has 3 aromatic carbocycles. The number of phenols is 1. The molecule has 3 rings (SSSR count). The van der Waals surface area contributed by atoms with Gasteiger partial charge in [-0.2, -0.15) is 0 Å². The van der Waals surface area contributed by atoms with Gasteiger partial charge in [0.25, 0.3) is 5.91 Å². The lowest BCUT2D eigenvalue weighted by Crippen LogP contribution is -2.12. The zero-order chi connectivity index (χ0) is 17.1. The second-order valence-electron chi connectivity index (χ2n) is 5.18. The smallest absolute Gasteiger partial charge is 0.259 e. The molecule has 0 unspecified atom stereocenters. The Hall–Kier alpha value is -2.49. The molecule has 1 amide bonds. The molecular weight excluding hydrogens is 345 g/mol. The van der Waals surface area contributed by atoms with Gasteiger partial charge in [0.1, 0.15) is 5.75 Å². The molecule has 0 saturated heterocycles. The van der Waals surface area contributed by atoms with E-state index in [2.05, 4.69) is 5.32 Å². The van der Waals surface area contributed by atoms with Gasteiger partial charge >= 0.3 is 0 Å². The zero-order valence-corrected chi connectivity index (χ0v) is 14.0. The molecule has 3 nitrogen and oxygen atoms in total. The summed E-state index contributed by atoms with van der Waals surface area (Å²) in [5.74, 6) is -0.563. The highest BCUT2D eigenvalue weighted by molar-refractivity contribution is 6.31. The summed E-state index contributed by atoms with van der Waals surface area (Å²) in [6.07, 6.45) is 0. The van der Waals surface area contributed by atoms with Crippen LogP contribution in [0, 0.1) is 0 Å². The number of anilines is 1. The first kappa shape index (κ1) is 16.4. The summed E-state index contributed by atoms with van der Waals surface area (Å²) in [4.78, 5) is 12.5. The Labute approximate surface area is 149 Å². The molecule has 0 radical (unpaired) electrons. The van der Waals surface area contributed by atoms with Crippen molar-refractivity contribution in [1.82, 2.24) is 0 Å². The van der Waals surface area contributed by atoms with Crippen molar-refractivity contribution < 1.29 is 9.90 Å². The van der Waals surface area contributed by atoms with Crippen molar-refractivity contribution in [2.75, 3.05) is 5.32 Å². The average molecular weight is 358 g/mol. The highest BCUT2D eigenvalue weighted by Gasteiger charge is 2.17. The lowest BCUT2D eigenvalue weighted by Gasteiger charge is -2.12. The van der Waals surface area contributed by atoms with Crippen LogP contribution in [0.25, 0.3) is 11.1 Å². The Morgan fingerprint density at radius 1 is 0.875 bits per heavy atom. The minimum Gasteiger partial charge on any atom is -0.506 e. The topological polar surface area (TPSA) is 49.3 Å². The van der Waals surface area contributed by atoms with E-state index in [1.165, 1.54) is 6.07 Å². The molecule has 0 aliphatic rings. The van der Waals surface area contributed by atoms with Gasteiger partial charge in [0, 0.05) is 21.3 Å². The van der Waals surface area contributed by atoms with Crippen molar-refractivity contribution in [3.8, 4) is 16.9 Å². The number of hydrogen-bond donors (Lipinski definition) is 2. The van der Waals surface area contributed by atoms with Crippen molar-refractivity contribution in [2.45, 2.75) is 0 Å². The minimum absolute atomic E-state index is 0.108. The third-order valence-electron chi connectivity index (χ3n) is 3.51. The molecule has 3 aromatic rings. The molecule has 0 fully saturated rings. The van der Waals surface area contributed by atoms with Crippen LogP contribution in [-0.4, -0.2) is 11.0 Å². The van der Waals surface area contributed by atoms with E-state index >= 15 is 0 Å². The minimum atomic E-state index is -0.450. The van der Waals surface area contributed by atoms with E-state index in [0.717, 1.165) is 5.56 Å². The molecular formula is C19H13Cl2NO2. The number of halogens is 2. The van der Waals surface area contributed by atoms with Crippen molar-refractivity contribution in [1.29, 1.82) is 0 Å². The summed E-state index contributed by atoms with van der Waals surface area (Å²) >= 11 is 12.0. The average Bonchev–Trinajstić information content (AvgIpc) is 2.59. The molecule has 0 aliphatic carbocycles. The normalized spacial score (nSPS) is 10.4. The Balaban J connectivity index is 1.97. The summed E-state index contributed by atoms with van der Waals surface area (Å²) < 4.78 is 0. The van der Waals surface area contributed by atoms with Crippen LogP contribution in [0.2, 0.25) is 10.0 Å². The Kier molecular flexibility index (Phi) is 4.74. The Morgan fingerprint density at radius 2 is 1.54 bits per heavy atom. The van der Waals surface area contributed by atoms with Crippen LogP contribution in [0.4, 0.5) is 5.69 Å². The van der Waals surface area contributed by atoms with Gasteiger partial charge in [0.2, 0.25) is 0 Å². The van der Waals surface area contributed by atoms with E-state index in [1.54, 1.807) is 30.3 Å². The van der Waals surface area contributed by atoms with Crippen LogP contribution < -0.4 is 5.32 Å². The molecule has 2 N–H and O–H groups in total. The quantitative estimate of drug-likeness (QED) is 0.639. The number of amides is 1. The third-order valence-corrected chi connectivity index (χ3v) is 3.98. The van der Waals surface area contributed by atoms with Crippen LogP contribution >= 0.6 is 23.2 Å². The molecule has 5 heteroatoms. The van der Waals surface area contributed by atoms with Crippen molar-refractivity contribution >= 4 is 34.8 Å². The number of rotatable bonds is 3. The zero-order valence-electron chi connectivity index (χ0n) is 12.5. The third kappa shape index (κ3) is 3.53. The monoisotopic (exact) mass is 357 g/mol. The van der Waals surface area contributed by atoms with E-state index in [-0.39, 0.29) is 11.3 Å². The summed E-state index contributed by atoms with van der Waals surface area (Å²) in [6, 6.07) is 19.0. The second kappa shape index (κ2) is 6.95. The number of phenolic OH excluding ortho intramolecular Hbond substituents is 1. The molecule has 120 valence electrons. The van der Waals surface area contributed by atoms with Gasteiger partial charge < -0.3 is 10.4 Å². The van der Waals surface area contributed by atoms with Gasteiger partial charge in [-0.3, -0.25) is 4.79 Å². The van der Waals surface area contributed by atoms with Crippen molar-refractivity contribution in [2.24, 2.45) is 0 Å². The number of aromatic hydroxyl groups is 1. The summed E-state index contributed by atoms with van der Waals surface area (Å²) in [7, 11) is 0. The van der Waals surface area contributed by atoms with E-state index in [9.17, 15) is 9.90 Å². The summed E-state index contributed by atoms with van der Waals surface area (Å²) in [5, 5.41) is 14.2. The number of nitrogens with one attached hydrogen (secondary N) is 1. The number of benzene rings is 3. The Bertz CT molecular complexity index is 878. The van der Waals surface area contributed by atoms with Gasteiger partial charge in [0.15, 0.2) is 0 Å². The maximum Gasteiger partial charge on any atom is 0.259 e. The molecule has 0 aliphatic heterocycles. The highest BCUT2D eigenvalue weighted by atomic mass is 35.5. The summed E-state index contributed by atoms with van der Waals surface area (Å²) in [5.41, 5.74) is 1.96. The van der Waals surface area contributed by atoms with Gasteiger partial charge in [-0.05, 0) is 42.0 Å². The first-order chi connectivity index (χ1) is 11.5. The van der Waals surface area contributed by atoms with E-state index in [1.807, 2.05) is 30.3 Å². The fraction of sp³-hybridized carbons (Fsp3) is 0. The van der Waals surface area contributed by atoms with Gasteiger partial charge in [-0.25, -0.2) is 0 Å². The maximum absolute atomic E-state index is 12.5. The largest absolute Gasteiger partial charge is 0.506 e. The van der Waals surface area contributed by atoms with Crippen molar-refractivity contribution in [3.63, 3.8) is 0 Å². The van der Waals surface area contributed by atoms with E-state index in [0.29, 0.717) is 21.3 Å². The molecule has 0 aromatic heterocycles. The van der Waals surface area contributed by atoms with Crippen molar-refractivity contribution in [3.05, 3.63) is 82.3 Å². The number of carbonyl (C=O) groups excluding carboxylic acids is 1.